The molecule has 0 spiro atoms. The maximum absolute atomic E-state index is 13.4. The molecule has 2 amide bonds. The van der Waals surface area contributed by atoms with Crippen molar-refractivity contribution in [1.82, 2.24) is 4.90 Å². The average Bonchev–Trinajstić information content (AvgIpc) is 2.31. The molecule has 0 heterocycles. The fourth-order valence-electron chi connectivity index (χ4n) is 1.28. The maximum atomic E-state index is 13.4. The Kier molecular flexibility index (Phi) is 4.25. The Hall–Kier alpha value is -2.11. The van der Waals surface area contributed by atoms with Crippen molar-refractivity contribution in [3.63, 3.8) is 0 Å². The van der Waals surface area contributed by atoms with Crippen LogP contribution in [0.15, 0.2) is 18.2 Å². The highest BCUT2D eigenvalue weighted by Gasteiger charge is 2.22. The van der Waals surface area contributed by atoms with Crippen molar-refractivity contribution < 1.29 is 19.1 Å². The Morgan fingerprint density at radius 3 is 2.61 bits per heavy atom. The number of urea groups is 1. The van der Waals surface area contributed by atoms with Crippen molar-refractivity contribution in [3.05, 3.63) is 29.6 Å². The second kappa shape index (κ2) is 5.48. The molecule has 0 aromatic heterocycles. The predicted octanol–water partition coefficient (Wildman–Crippen LogP) is 2.07. The predicted molar refractivity (Wildman–Crippen MR) is 65.0 cm³/mol. The maximum Gasteiger partial charge on any atom is 0.326 e. The van der Waals surface area contributed by atoms with E-state index in [-0.39, 0.29) is 5.69 Å². The van der Waals surface area contributed by atoms with Crippen LogP contribution in [0.3, 0.4) is 0 Å². The van der Waals surface area contributed by atoms with E-state index in [2.05, 4.69) is 5.32 Å². The van der Waals surface area contributed by atoms with Crippen molar-refractivity contribution in [1.29, 1.82) is 0 Å². The third-order valence-electron chi connectivity index (χ3n) is 2.62. The summed E-state index contributed by atoms with van der Waals surface area (Å²) < 4.78 is 13.4. The van der Waals surface area contributed by atoms with Crippen LogP contribution in [0.5, 0.6) is 0 Å². The lowest BCUT2D eigenvalue weighted by Crippen LogP contribution is -2.42. The lowest BCUT2D eigenvalue weighted by atomic mass is 10.2. The molecule has 2 N–H and O–H groups in total. The van der Waals surface area contributed by atoms with Crippen LogP contribution in [0.2, 0.25) is 0 Å². The zero-order chi connectivity index (χ0) is 13.9. The van der Waals surface area contributed by atoms with Crippen molar-refractivity contribution >= 4 is 17.7 Å². The number of carboxylic acid groups (broad SMARTS) is 1. The van der Waals surface area contributed by atoms with E-state index in [9.17, 15) is 14.0 Å². The molecule has 1 atom stereocenters. The Morgan fingerprint density at radius 2 is 2.06 bits per heavy atom. The molecule has 1 unspecified atom stereocenters. The van der Waals surface area contributed by atoms with Gasteiger partial charge in [0.05, 0.1) is 5.69 Å². The molecular formula is C12H15FN2O3. The number of rotatable bonds is 3. The van der Waals surface area contributed by atoms with Gasteiger partial charge in [0.2, 0.25) is 0 Å². The standard InChI is InChI=1S/C12H15FN2O3/c1-7-4-5-9(13)10(6-7)14-12(18)15(3)8(2)11(16)17/h4-6,8H,1-3H3,(H,14,18)(H,16,17). The summed E-state index contributed by atoms with van der Waals surface area (Å²) in [5.74, 6) is -1.69. The normalized spacial score (nSPS) is 11.8. The number of likely N-dealkylation sites (N-methyl/N-ethyl adjacent to an activating group) is 1. The molecule has 1 rings (SSSR count). The minimum atomic E-state index is -1.13. The van der Waals surface area contributed by atoms with E-state index >= 15 is 0 Å². The highest BCUT2D eigenvalue weighted by molar-refractivity contribution is 5.92. The van der Waals surface area contributed by atoms with Crippen molar-refractivity contribution in [3.8, 4) is 0 Å². The molecule has 5 nitrogen and oxygen atoms in total. The van der Waals surface area contributed by atoms with Crippen LogP contribution in [-0.2, 0) is 4.79 Å². The van der Waals surface area contributed by atoms with E-state index in [1.807, 2.05) is 0 Å². The van der Waals surface area contributed by atoms with Gasteiger partial charge in [-0.05, 0) is 31.5 Å². The molecule has 1 aromatic rings. The molecule has 0 aliphatic carbocycles. The first-order valence-corrected chi connectivity index (χ1v) is 5.35. The van der Waals surface area contributed by atoms with E-state index in [4.69, 9.17) is 5.11 Å². The summed E-state index contributed by atoms with van der Waals surface area (Å²) in [6, 6.07) is 2.64. The van der Waals surface area contributed by atoms with E-state index in [1.54, 1.807) is 13.0 Å². The number of benzene rings is 1. The molecule has 0 saturated carbocycles. The molecule has 0 saturated heterocycles. The SMILES string of the molecule is Cc1ccc(F)c(NC(=O)N(C)C(C)C(=O)O)c1. The third kappa shape index (κ3) is 3.19. The van der Waals surface area contributed by atoms with Crippen molar-refractivity contribution in [2.45, 2.75) is 19.9 Å². The smallest absolute Gasteiger partial charge is 0.326 e. The van der Waals surface area contributed by atoms with Gasteiger partial charge >= 0.3 is 12.0 Å². The number of carbonyl (C=O) groups is 2. The van der Waals surface area contributed by atoms with Gasteiger partial charge in [-0.1, -0.05) is 6.07 Å². The molecule has 98 valence electrons. The number of anilines is 1. The van der Waals surface area contributed by atoms with Crippen LogP contribution in [0.25, 0.3) is 0 Å². The zero-order valence-electron chi connectivity index (χ0n) is 10.4. The fraction of sp³-hybridized carbons (Fsp3) is 0.333. The summed E-state index contributed by atoms with van der Waals surface area (Å²) >= 11 is 0. The van der Waals surface area contributed by atoms with Gasteiger partial charge in [0.25, 0.3) is 0 Å². The highest BCUT2D eigenvalue weighted by Crippen LogP contribution is 2.16. The average molecular weight is 254 g/mol. The van der Waals surface area contributed by atoms with E-state index in [0.717, 1.165) is 10.5 Å². The molecule has 0 fully saturated rings. The van der Waals surface area contributed by atoms with Gasteiger partial charge in [-0.25, -0.2) is 14.0 Å². The van der Waals surface area contributed by atoms with Crippen LogP contribution >= 0.6 is 0 Å². The number of hydrogen-bond donors (Lipinski definition) is 2. The van der Waals surface area contributed by atoms with Gasteiger partial charge in [-0.15, -0.1) is 0 Å². The summed E-state index contributed by atoms with van der Waals surface area (Å²) in [5.41, 5.74) is 0.824. The molecule has 0 bridgehead atoms. The number of amides is 2. The number of carbonyl (C=O) groups excluding carboxylic acids is 1. The van der Waals surface area contributed by atoms with Gasteiger partial charge in [0.1, 0.15) is 11.9 Å². The second-order valence-electron chi connectivity index (χ2n) is 4.04. The summed E-state index contributed by atoms with van der Waals surface area (Å²) in [5, 5.41) is 11.1. The van der Waals surface area contributed by atoms with Gasteiger partial charge < -0.3 is 15.3 Å². The summed E-state index contributed by atoms with van der Waals surface area (Å²) in [4.78, 5) is 23.4. The quantitative estimate of drug-likeness (QED) is 0.867. The van der Waals surface area contributed by atoms with Gasteiger partial charge in [0.15, 0.2) is 0 Å². The number of nitrogens with zero attached hydrogens (tertiary/aromatic N) is 1. The monoisotopic (exact) mass is 254 g/mol. The molecule has 6 heteroatoms. The highest BCUT2D eigenvalue weighted by atomic mass is 19.1. The summed E-state index contributed by atoms with van der Waals surface area (Å²) in [7, 11) is 1.34. The summed E-state index contributed by atoms with van der Waals surface area (Å²) in [6.07, 6.45) is 0. The molecule has 1 aromatic carbocycles. The van der Waals surface area contributed by atoms with Crippen LogP contribution < -0.4 is 5.32 Å². The first-order valence-electron chi connectivity index (χ1n) is 5.35. The van der Waals surface area contributed by atoms with E-state index < -0.39 is 23.9 Å². The number of halogens is 1. The number of aryl methyl sites for hydroxylation is 1. The first kappa shape index (κ1) is 14.0. The van der Waals surface area contributed by atoms with Gasteiger partial charge in [-0.3, -0.25) is 0 Å². The van der Waals surface area contributed by atoms with Crippen LogP contribution in [0, 0.1) is 12.7 Å². The topological polar surface area (TPSA) is 69.6 Å². The molecule has 0 aliphatic rings. The van der Waals surface area contributed by atoms with Crippen LogP contribution in [0.1, 0.15) is 12.5 Å². The number of hydrogen-bond acceptors (Lipinski definition) is 2. The van der Waals surface area contributed by atoms with Gasteiger partial charge in [0, 0.05) is 7.05 Å². The van der Waals surface area contributed by atoms with E-state index in [0.29, 0.717) is 0 Å². The third-order valence-corrected chi connectivity index (χ3v) is 2.62. The molecular weight excluding hydrogens is 239 g/mol. The van der Waals surface area contributed by atoms with Gasteiger partial charge in [-0.2, -0.15) is 0 Å². The Balaban J connectivity index is 2.81. The fourth-order valence-corrected chi connectivity index (χ4v) is 1.28. The number of nitrogens with one attached hydrogen (secondary N) is 1. The summed E-state index contributed by atoms with van der Waals surface area (Å²) in [6.45, 7) is 3.13. The largest absolute Gasteiger partial charge is 0.480 e. The number of aliphatic carboxylic acids is 1. The zero-order valence-corrected chi connectivity index (χ0v) is 10.4. The first-order chi connectivity index (χ1) is 8.32. The Bertz CT molecular complexity index is 476. The van der Waals surface area contributed by atoms with Crippen LogP contribution in [-0.4, -0.2) is 35.1 Å². The molecule has 0 radical (unpaired) electrons. The van der Waals surface area contributed by atoms with Crippen LogP contribution in [0.4, 0.5) is 14.9 Å². The number of carboxylic acids is 1. The lowest BCUT2D eigenvalue weighted by Gasteiger charge is -2.22. The molecule has 18 heavy (non-hydrogen) atoms. The Labute approximate surface area is 104 Å². The molecule has 0 aliphatic heterocycles. The lowest BCUT2D eigenvalue weighted by molar-refractivity contribution is -0.141. The minimum Gasteiger partial charge on any atom is -0.480 e. The second-order valence-corrected chi connectivity index (χ2v) is 4.04. The van der Waals surface area contributed by atoms with Crippen molar-refractivity contribution in [2.75, 3.05) is 12.4 Å². The van der Waals surface area contributed by atoms with E-state index in [1.165, 1.54) is 26.1 Å². The minimum absolute atomic E-state index is 0.0319. The Morgan fingerprint density at radius 1 is 1.44 bits per heavy atom. The van der Waals surface area contributed by atoms with Crippen molar-refractivity contribution in [2.24, 2.45) is 0 Å².